The second-order valence-electron chi connectivity index (χ2n) is 7.82. The number of ether oxygens (including phenoxy) is 1. The summed E-state index contributed by atoms with van der Waals surface area (Å²) >= 11 is 0. The molecule has 2 aromatic rings. The summed E-state index contributed by atoms with van der Waals surface area (Å²) in [5, 5.41) is 3.84. The van der Waals surface area contributed by atoms with Crippen LogP contribution in [0.15, 0.2) is 29.1 Å². The van der Waals surface area contributed by atoms with Crippen LogP contribution in [0.1, 0.15) is 41.0 Å². The molecule has 4 heterocycles. The van der Waals surface area contributed by atoms with E-state index in [9.17, 15) is 18.4 Å². The third kappa shape index (κ3) is 4.09. The topological polar surface area (TPSA) is 80.8 Å². The molecule has 2 amide bonds. The summed E-state index contributed by atoms with van der Waals surface area (Å²) in [6.07, 6.45) is 1.48. The second kappa shape index (κ2) is 8.17. The van der Waals surface area contributed by atoms with Crippen molar-refractivity contribution in [1.29, 1.82) is 0 Å². The molecule has 0 aliphatic carbocycles. The van der Waals surface area contributed by atoms with E-state index in [0.717, 1.165) is 0 Å². The average Bonchev–Trinajstić information content (AvgIpc) is 3.39. The van der Waals surface area contributed by atoms with Gasteiger partial charge in [-0.25, -0.2) is 8.78 Å². The third-order valence-electron chi connectivity index (χ3n) is 5.84. The molecule has 1 spiro atoms. The first kappa shape index (κ1) is 20.5. The minimum atomic E-state index is -2.67. The lowest BCUT2D eigenvalue weighted by Gasteiger charge is -2.47. The van der Waals surface area contributed by atoms with Crippen LogP contribution in [0.2, 0.25) is 0 Å². The van der Waals surface area contributed by atoms with E-state index >= 15 is 0 Å². The zero-order valence-electron chi connectivity index (χ0n) is 16.7. The van der Waals surface area contributed by atoms with E-state index in [0.29, 0.717) is 56.9 Å². The van der Waals surface area contributed by atoms with Gasteiger partial charge in [-0.3, -0.25) is 14.3 Å². The van der Waals surface area contributed by atoms with Crippen LogP contribution in [-0.4, -0.2) is 69.8 Å². The monoisotopic (exact) mass is 422 g/mol. The summed E-state index contributed by atoms with van der Waals surface area (Å²) in [5.74, 6) is -0.257. The van der Waals surface area contributed by atoms with E-state index in [2.05, 4.69) is 5.10 Å². The van der Waals surface area contributed by atoms with Crippen molar-refractivity contribution in [3.8, 4) is 0 Å². The first-order chi connectivity index (χ1) is 14.4. The number of hydrogen-bond donors (Lipinski definition) is 0. The molecule has 2 aromatic heterocycles. The van der Waals surface area contributed by atoms with Gasteiger partial charge in [0.05, 0.1) is 24.0 Å². The number of aromatic nitrogens is 2. The van der Waals surface area contributed by atoms with Crippen molar-refractivity contribution in [3.05, 3.63) is 41.6 Å². The molecule has 0 aromatic carbocycles. The van der Waals surface area contributed by atoms with E-state index < -0.39 is 12.0 Å². The predicted octanol–water partition coefficient (Wildman–Crippen LogP) is 2.26. The minimum absolute atomic E-state index is 0.0775. The highest BCUT2D eigenvalue weighted by Gasteiger charge is 2.42. The number of halogens is 2. The van der Waals surface area contributed by atoms with Gasteiger partial charge in [0, 0.05) is 31.9 Å². The lowest BCUT2D eigenvalue weighted by molar-refractivity contribution is -0.158. The van der Waals surface area contributed by atoms with E-state index in [-0.39, 0.29) is 24.1 Å². The summed E-state index contributed by atoms with van der Waals surface area (Å²) in [7, 11) is 0. The maximum Gasteiger partial charge on any atom is 0.282 e. The number of amides is 2. The Bertz CT molecular complexity index is 904. The fourth-order valence-electron chi connectivity index (χ4n) is 4.08. The van der Waals surface area contributed by atoms with Crippen molar-refractivity contribution in [2.24, 2.45) is 0 Å². The molecule has 0 N–H and O–H groups in total. The van der Waals surface area contributed by atoms with E-state index in [1.807, 2.05) is 0 Å². The van der Waals surface area contributed by atoms with Gasteiger partial charge >= 0.3 is 0 Å². The van der Waals surface area contributed by atoms with Crippen molar-refractivity contribution in [2.45, 2.75) is 38.3 Å². The van der Waals surface area contributed by atoms with Gasteiger partial charge in [-0.1, -0.05) is 0 Å². The van der Waals surface area contributed by atoms with Crippen molar-refractivity contribution in [2.75, 3.05) is 32.8 Å². The van der Waals surface area contributed by atoms with Gasteiger partial charge in [0.2, 0.25) is 5.91 Å². The van der Waals surface area contributed by atoms with Gasteiger partial charge in [0.25, 0.3) is 12.3 Å². The third-order valence-corrected chi connectivity index (χ3v) is 5.84. The lowest BCUT2D eigenvalue weighted by atomic mass is 9.89. The predicted molar refractivity (Wildman–Crippen MR) is 101 cm³/mol. The fraction of sp³-hybridized carbons (Fsp3) is 0.550. The van der Waals surface area contributed by atoms with E-state index in [1.165, 1.54) is 23.3 Å². The number of nitrogens with zero attached hydrogens (tertiary/aromatic N) is 4. The average molecular weight is 422 g/mol. The van der Waals surface area contributed by atoms with Crippen molar-refractivity contribution >= 4 is 11.8 Å². The molecular formula is C20H24F2N4O4. The van der Waals surface area contributed by atoms with E-state index in [4.69, 9.17) is 9.15 Å². The Morgan fingerprint density at radius 3 is 2.63 bits per heavy atom. The molecule has 8 nitrogen and oxygen atoms in total. The minimum Gasteiger partial charge on any atom is -0.472 e. The highest BCUT2D eigenvalue weighted by molar-refractivity contribution is 5.93. The SMILES string of the molecule is Cc1cc(C(F)F)nn1CC(=O)N1CCOC2(CCN(C(=O)c3ccoc3)CC2)C1. The highest BCUT2D eigenvalue weighted by atomic mass is 19.3. The Labute approximate surface area is 172 Å². The smallest absolute Gasteiger partial charge is 0.282 e. The summed E-state index contributed by atoms with van der Waals surface area (Å²) in [4.78, 5) is 28.8. The number of likely N-dealkylation sites (tertiary alicyclic amines) is 1. The highest BCUT2D eigenvalue weighted by Crippen LogP contribution is 2.31. The molecule has 162 valence electrons. The number of piperidine rings is 1. The molecule has 0 saturated carbocycles. The molecule has 0 bridgehead atoms. The number of morpholine rings is 1. The van der Waals surface area contributed by atoms with Crippen LogP contribution in [0.5, 0.6) is 0 Å². The largest absolute Gasteiger partial charge is 0.472 e. The fourth-order valence-corrected chi connectivity index (χ4v) is 4.08. The molecule has 30 heavy (non-hydrogen) atoms. The Hall–Kier alpha value is -2.75. The number of carbonyl (C=O) groups excluding carboxylic acids is 2. The van der Waals surface area contributed by atoms with Crippen LogP contribution in [0.3, 0.4) is 0 Å². The quantitative estimate of drug-likeness (QED) is 0.755. The molecule has 10 heteroatoms. The number of carbonyl (C=O) groups is 2. The standard InChI is InChI=1S/C20H24F2N4O4/c1-14-10-16(18(21)22)23-26(14)11-17(27)25-7-9-30-20(13-25)3-5-24(6-4-20)19(28)15-2-8-29-12-15/h2,8,10,12,18H,3-7,9,11,13H2,1H3. The van der Waals surface area contributed by atoms with Crippen LogP contribution < -0.4 is 0 Å². The molecule has 2 saturated heterocycles. The van der Waals surface area contributed by atoms with Crippen LogP contribution in [0, 0.1) is 6.92 Å². The molecule has 0 radical (unpaired) electrons. The molecular weight excluding hydrogens is 398 g/mol. The number of rotatable bonds is 4. The molecule has 4 rings (SSSR count). The summed E-state index contributed by atoms with van der Waals surface area (Å²) < 4.78 is 38.0. The van der Waals surface area contributed by atoms with Gasteiger partial charge < -0.3 is 19.0 Å². The normalized spacial score (nSPS) is 18.9. The van der Waals surface area contributed by atoms with Gasteiger partial charge in [-0.2, -0.15) is 5.10 Å². The Balaban J connectivity index is 1.36. The number of hydrogen-bond acceptors (Lipinski definition) is 5. The zero-order chi connectivity index (χ0) is 21.3. The maximum absolute atomic E-state index is 12.8. The van der Waals surface area contributed by atoms with Crippen LogP contribution in [-0.2, 0) is 16.1 Å². The second-order valence-corrected chi connectivity index (χ2v) is 7.82. The van der Waals surface area contributed by atoms with E-state index in [1.54, 1.807) is 22.8 Å². The van der Waals surface area contributed by atoms with Crippen LogP contribution in [0.25, 0.3) is 0 Å². The van der Waals surface area contributed by atoms with Gasteiger partial charge in [0.15, 0.2) is 0 Å². The molecule has 2 fully saturated rings. The first-order valence-electron chi connectivity index (χ1n) is 9.93. The Kier molecular flexibility index (Phi) is 5.59. The van der Waals surface area contributed by atoms with Gasteiger partial charge in [-0.05, 0) is 31.9 Å². The molecule has 2 aliphatic rings. The first-order valence-corrected chi connectivity index (χ1v) is 9.93. The van der Waals surface area contributed by atoms with Crippen LogP contribution in [0.4, 0.5) is 8.78 Å². The Morgan fingerprint density at radius 1 is 1.23 bits per heavy atom. The molecule has 0 atom stereocenters. The van der Waals surface area contributed by atoms with Gasteiger partial charge in [0.1, 0.15) is 18.5 Å². The number of aryl methyl sites for hydroxylation is 1. The molecule has 2 aliphatic heterocycles. The number of furan rings is 1. The summed E-state index contributed by atoms with van der Waals surface area (Å²) in [6.45, 7) is 3.90. The Morgan fingerprint density at radius 2 is 2.00 bits per heavy atom. The lowest BCUT2D eigenvalue weighted by Crippen LogP contribution is -2.59. The van der Waals surface area contributed by atoms with Crippen molar-refractivity contribution < 1.29 is 27.5 Å². The van der Waals surface area contributed by atoms with Gasteiger partial charge in [-0.15, -0.1) is 0 Å². The molecule has 0 unspecified atom stereocenters. The summed E-state index contributed by atoms with van der Waals surface area (Å²) in [6, 6.07) is 2.94. The summed E-state index contributed by atoms with van der Waals surface area (Å²) in [5.41, 5.74) is 0.222. The van der Waals surface area contributed by atoms with Crippen LogP contribution >= 0.6 is 0 Å². The maximum atomic E-state index is 12.8. The number of alkyl halides is 2. The van der Waals surface area contributed by atoms with Crippen molar-refractivity contribution in [1.82, 2.24) is 19.6 Å². The van der Waals surface area contributed by atoms with Crippen molar-refractivity contribution in [3.63, 3.8) is 0 Å². The zero-order valence-corrected chi connectivity index (χ0v) is 16.7.